The molecule has 3 heteroatoms. The summed E-state index contributed by atoms with van der Waals surface area (Å²) in [5.41, 5.74) is 7.92. The molecule has 4 aromatic carbocycles. The second kappa shape index (κ2) is 13.3. The average Bonchev–Trinajstić information content (AvgIpc) is 3.04. The summed E-state index contributed by atoms with van der Waals surface area (Å²) in [4.78, 5) is 12.5. The minimum atomic E-state index is -2.66. The Labute approximate surface area is 279 Å². The molecule has 0 saturated heterocycles. The number of aldehydes is 1. The summed E-state index contributed by atoms with van der Waals surface area (Å²) in [6.07, 6.45) is 6.42. The maximum Gasteiger partial charge on any atom is 0.261 e. The van der Waals surface area contributed by atoms with E-state index < -0.39 is 8.32 Å². The lowest BCUT2D eigenvalue weighted by Gasteiger charge is -2.43. The van der Waals surface area contributed by atoms with Crippen molar-refractivity contribution >= 4 is 30.6 Å². The molecule has 0 bridgehead atoms. The van der Waals surface area contributed by atoms with E-state index in [0.717, 1.165) is 17.4 Å². The molecule has 2 nitrogen and oxygen atoms in total. The zero-order valence-corrected chi connectivity index (χ0v) is 30.2. The van der Waals surface area contributed by atoms with Gasteiger partial charge >= 0.3 is 0 Å². The molecule has 1 aliphatic carbocycles. The Morgan fingerprint density at radius 1 is 0.783 bits per heavy atom. The molecule has 240 valence electrons. The first-order valence-corrected chi connectivity index (χ1v) is 18.8. The van der Waals surface area contributed by atoms with Gasteiger partial charge in [-0.2, -0.15) is 0 Å². The summed E-state index contributed by atoms with van der Waals surface area (Å²) >= 11 is 0. The van der Waals surface area contributed by atoms with Crippen LogP contribution in [0.3, 0.4) is 0 Å². The van der Waals surface area contributed by atoms with Gasteiger partial charge in [-0.25, -0.2) is 0 Å². The van der Waals surface area contributed by atoms with Crippen LogP contribution >= 0.6 is 0 Å². The van der Waals surface area contributed by atoms with Crippen molar-refractivity contribution in [2.45, 2.75) is 103 Å². The molecule has 0 amide bonds. The predicted octanol–water partition coefficient (Wildman–Crippen LogP) is 9.89. The number of benzene rings is 4. The molecule has 0 aromatic heterocycles. The maximum absolute atomic E-state index is 12.5. The van der Waals surface area contributed by atoms with Gasteiger partial charge < -0.3 is 9.22 Å². The van der Waals surface area contributed by atoms with Crippen molar-refractivity contribution in [1.82, 2.24) is 0 Å². The van der Waals surface area contributed by atoms with E-state index in [1.54, 1.807) is 0 Å². The van der Waals surface area contributed by atoms with Crippen LogP contribution in [0.2, 0.25) is 5.04 Å². The number of carbonyl (C=O) groups is 1. The fourth-order valence-corrected chi connectivity index (χ4v) is 11.9. The summed E-state index contributed by atoms with van der Waals surface area (Å²) in [6.45, 7) is 19.1. The lowest BCUT2D eigenvalue weighted by Crippen LogP contribution is -2.66. The van der Waals surface area contributed by atoms with Crippen molar-refractivity contribution in [3.63, 3.8) is 0 Å². The van der Waals surface area contributed by atoms with Gasteiger partial charge in [0.2, 0.25) is 0 Å². The molecule has 0 saturated carbocycles. The van der Waals surface area contributed by atoms with Crippen LogP contribution in [0.25, 0.3) is 5.57 Å². The van der Waals surface area contributed by atoms with Crippen molar-refractivity contribution in [2.24, 2.45) is 0 Å². The van der Waals surface area contributed by atoms with Gasteiger partial charge in [-0.05, 0) is 85.8 Å². The molecule has 5 rings (SSSR count). The van der Waals surface area contributed by atoms with Crippen molar-refractivity contribution in [3.05, 3.63) is 137 Å². The maximum atomic E-state index is 12.5. The van der Waals surface area contributed by atoms with E-state index in [2.05, 4.69) is 165 Å². The van der Waals surface area contributed by atoms with Gasteiger partial charge in [-0.3, -0.25) is 0 Å². The highest BCUT2D eigenvalue weighted by molar-refractivity contribution is 6.99. The lowest BCUT2D eigenvalue weighted by molar-refractivity contribution is -0.109. The normalized spacial score (nSPS) is 16.8. The Morgan fingerprint density at radius 2 is 1.37 bits per heavy atom. The third kappa shape index (κ3) is 6.77. The van der Waals surface area contributed by atoms with Gasteiger partial charge in [0.15, 0.2) is 0 Å². The predicted molar refractivity (Wildman–Crippen MR) is 198 cm³/mol. The van der Waals surface area contributed by atoms with E-state index in [1.807, 2.05) is 0 Å². The molecular formula is C43H52O2Si. The first-order chi connectivity index (χ1) is 21.8. The van der Waals surface area contributed by atoms with Gasteiger partial charge in [-0.15, -0.1) is 0 Å². The summed E-state index contributed by atoms with van der Waals surface area (Å²) in [5, 5.41) is 2.44. The Balaban J connectivity index is 1.39. The van der Waals surface area contributed by atoms with Crippen molar-refractivity contribution in [2.75, 3.05) is 0 Å². The minimum Gasteiger partial charge on any atom is -0.403 e. The first kappa shape index (κ1) is 33.8. The van der Waals surface area contributed by atoms with Gasteiger partial charge in [0.25, 0.3) is 8.32 Å². The minimum absolute atomic E-state index is 0.0946. The highest BCUT2D eigenvalue weighted by atomic mass is 28.4. The molecule has 0 aliphatic heterocycles. The van der Waals surface area contributed by atoms with Crippen molar-refractivity contribution in [3.8, 4) is 0 Å². The lowest BCUT2D eigenvalue weighted by atomic mass is 9.63. The Kier molecular flexibility index (Phi) is 9.77. The SMILES string of the molecule is C/C(=C\CC(C=O)c1cccc(CO[Si](c2ccccc2)(c2ccccc2)C(C)(C)C)c1)c1ccc2c(c1)C(C)(C)CCC2(C)C. The fraction of sp³-hybridized carbons (Fsp3) is 0.372. The molecule has 0 N–H and O–H groups in total. The van der Waals surface area contributed by atoms with Crippen LogP contribution in [-0.2, 0) is 26.7 Å². The molecular weight excluding hydrogens is 577 g/mol. The highest BCUT2D eigenvalue weighted by Gasteiger charge is 2.50. The van der Waals surface area contributed by atoms with Gasteiger partial charge in [0.05, 0.1) is 6.61 Å². The third-order valence-electron chi connectivity index (χ3n) is 10.4. The molecule has 0 heterocycles. The summed E-state index contributed by atoms with van der Waals surface area (Å²) in [5.74, 6) is -0.212. The second-order valence-corrected chi connectivity index (χ2v) is 19.9. The van der Waals surface area contributed by atoms with E-state index in [9.17, 15) is 4.79 Å². The quantitative estimate of drug-likeness (QED) is 0.129. The molecule has 1 atom stereocenters. The number of allylic oxidation sites excluding steroid dienone is 2. The zero-order chi connectivity index (χ0) is 33.2. The largest absolute Gasteiger partial charge is 0.403 e. The van der Waals surface area contributed by atoms with E-state index in [1.165, 1.54) is 45.5 Å². The molecule has 0 spiro atoms. The smallest absolute Gasteiger partial charge is 0.261 e. The summed E-state index contributed by atoms with van der Waals surface area (Å²) in [7, 11) is -2.66. The van der Waals surface area contributed by atoms with Crippen LogP contribution in [0, 0.1) is 0 Å². The fourth-order valence-electron chi connectivity index (χ4n) is 7.39. The molecule has 0 fully saturated rings. The molecule has 1 unspecified atom stereocenters. The average molecular weight is 629 g/mol. The van der Waals surface area contributed by atoms with Crippen LogP contribution in [0.4, 0.5) is 0 Å². The van der Waals surface area contributed by atoms with Crippen molar-refractivity contribution in [1.29, 1.82) is 0 Å². The van der Waals surface area contributed by atoms with E-state index in [-0.39, 0.29) is 21.8 Å². The van der Waals surface area contributed by atoms with Crippen LogP contribution in [0.1, 0.15) is 108 Å². The number of rotatable bonds is 10. The molecule has 4 aromatic rings. The topological polar surface area (TPSA) is 26.3 Å². The highest BCUT2D eigenvalue weighted by Crippen LogP contribution is 2.46. The van der Waals surface area contributed by atoms with Crippen LogP contribution < -0.4 is 10.4 Å². The first-order valence-electron chi connectivity index (χ1n) is 16.9. The van der Waals surface area contributed by atoms with Crippen LogP contribution in [-0.4, -0.2) is 14.6 Å². The zero-order valence-electron chi connectivity index (χ0n) is 29.2. The molecule has 46 heavy (non-hydrogen) atoms. The summed E-state index contributed by atoms with van der Waals surface area (Å²) < 4.78 is 7.19. The number of hydrogen-bond acceptors (Lipinski definition) is 2. The monoisotopic (exact) mass is 628 g/mol. The third-order valence-corrected chi connectivity index (χ3v) is 15.4. The molecule has 1 aliphatic rings. The summed E-state index contributed by atoms with van der Waals surface area (Å²) in [6, 6.07) is 37.0. The number of hydrogen-bond donors (Lipinski definition) is 0. The van der Waals surface area contributed by atoms with E-state index in [0.29, 0.717) is 13.0 Å². The van der Waals surface area contributed by atoms with Gasteiger partial charge in [-0.1, -0.05) is 158 Å². The van der Waals surface area contributed by atoms with Crippen LogP contribution in [0.5, 0.6) is 0 Å². The van der Waals surface area contributed by atoms with Gasteiger partial charge in [0.1, 0.15) is 6.29 Å². The van der Waals surface area contributed by atoms with E-state index >= 15 is 0 Å². The Hall–Kier alpha value is -3.53. The number of fused-ring (bicyclic) bond motifs is 1. The van der Waals surface area contributed by atoms with E-state index in [4.69, 9.17) is 4.43 Å². The van der Waals surface area contributed by atoms with Gasteiger partial charge in [0, 0.05) is 5.92 Å². The molecule has 0 radical (unpaired) electrons. The van der Waals surface area contributed by atoms with Crippen molar-refractivity contribution < 1.29 is 9.22 Å². The Morgan fingerprint density at radius 3 is 1.93 bits per heavy atom. The second-order valence-electron chi connectivity index (χ2n) is 15.6. The standard InChI is InChI=1S/C43H52O2Si/c1-32(34-24-25-39-40(29-34)43(7,8)27-26-42(39,5)6)22-23-36(30-44)35-17-15-16-33(28-35)31-45-46(41(2,3)4,37-18-11-9-12-19-37)38-20-13-10-14-21-38/h9-22,24-25,28-30,36H,23,26-27,31H2,1-8H3/b32-22+. The number of carbonyl (C=O) groups excluding carboxylic acids is 1. The Bertz CT molecular complexity index is 1640. The van der Waals surface area contributed by atoms with Crippen LogP contribution in [0.15, 0.2) is 109 Å².